The van der Waals surface area contributed by atoms with Gasteiger partial charge < -0.3 is 9.47 Å². The van der Waals surface area contributed by atoms with Gasteiger partial charge in [0.05, 0.1) is 12.8 Å². The number of hydrogen-bond donors (Lipinski definition) is 0. The smallest absolute Gasteiger partial charge is 0.358 e. The zero-order valence-electron chi connectivity index (χ0n) is 18.1. The van der Waals surface area contributed by atoms with Gasteiger partial charge in [0.25, 0.3) is 0 Å². The van der Waals surface area contributed by atoms with Crippen LogP contribution in [0, 0.1) is 0 Å². The topological polar surface area (TPSA) is 91.3 Å². The first-order chi connectivity index (χ1) is 16.0. The van der Waals surface area contributed by atoms with Gasteiger partial charge in [-0.05, 0) is 54.7 Å². The number of hydrogen-bond acceptors (Lipinski definition) is 7. The molecule has 1 aliphatic rings. The van der Waals surface area contributed by atoms with Gasteiger partial charge in [0.2, 0.25) is 0 Å². The lowest BCUT2D eigenvalue weighted by Crippen LogP contribution is -2.16. The average Bonchev–Trinajstić information content (AvgIpc) is 2.86. The van der Waals surface area contributed by atoms with E-state index < -0.39 is 16.1 Å². The van der Waals surface area contributed by atoms with Crippen LogP contribution in [0.1, 0.15) is 39.9 Å². The van der Waals surface area contributed by atoms with Gasteiger partial charge in [-0.25, -0.2) is 4.79 Å². The number of rotatable bonds is 7. The van der Waals surface area contributed by atoms with Crippen molar-refractivity contribution < 1.29 is 27.0 Å². The molecule has 0 amide bonds. The second kappa shape index (κ2) is 9.87. The van der Waals surface area contributed by atoms with E-state index in [0.717, 1.165) is 24.0 Å². The van der Waals surface area contributed by atoms with Crippen LogP contribution in [-0.2, 0) is 32.2 Å². The van der Waals surface area contributed by atoms with Crippen molar-refractivity contribution in [3.63, 3.8) is 0 Å². The van der Waals surface area contributed by atoms with Crippen molar-refractivity contribution in [1.82, 2.24) is 0 Å². The molecule has 0 spiro atoms. The summed E-state index contributed by atoms with van der Waals surface area (Å²) in [7, 11) is -2.75. The first-order valence-electron chi connectivity index (χ1n) is 10.5. The lowest BCUT2D eigenvalue weighted by Gasteiger charge is -2.20. The fourth-order valence-electron chi connectivity index (χ4n) is 3.62. The number of fused-ring (bicyclic) bond motifs is 1. The summed E-state index contributed by atoms with van der Waals surface area (Å²) in [6.07, 6.45) is 2.02. The molecule has 3 aromatic rings. The number of methoxy groups -OCH3 is 1. The van der Waals surface area contributed by atoms with Gasteiger partial charge in [-0.3, -0.25) is 4.28 Å². The highest BCUT2D eigenvalue weighted by Gasteiger charge is 2.24. The van der Waals surface area contributed by atoms with Crippen molar-refractivity contribution >= 4 is 21.8 Å². The van der Waals surface area contributed by atoms with Crippen molar-refractivity contribution in [1.29, 1.82) is 0 Å². The molecular formula is C25H23NO6S. The highest BCUT2D eigenvalue weighted by Crippen LogP contribution is 2.31. The fourth-order valence-corrected chi connectivity index (χ4v) is 4.39. The Bertz CT molecular complexity index is 1270. The van der Waals surface area contributed by atoms with Gasteiger partial charge in [-0.1, -0.05) is 53.7 Å². The Morgan fingerprint density at radius 2 is 1.67 bits per heavy atom. The molecule has 170 valence electrons. The van der Waals surface area contributed by atoms with Crippen LogP contribution in [0.5, 0.6) is 5.75 Å². The highest BCUT2D eigenvalue weighted by molar-refractivity contribution is 7.86. The maximum Gasteiger partial charge on any atom is 0.358 e. The predicted molar refractivity (Wildman–Crippen MR) is 123 cm³/mol. The number of aryl methyl sites for hydroxylation is 1. The maximum atomic E-state index is 12.5. The van der Waals surface area contributed by atoms with E-state index in [2.05, 4.69) is 5.16 Å². The van der Waals surface area contributed by atoms with Crippen LogP contribution >= 0.6 is 0 Å². The summed E-state index contributed by atoms with van der Waals surface area (Å²) in [5, 5.41) is 3.96. The van der Waals surface area contributed by atoms with Crippen LogP contribution in [0.15, 0.2) is 82.8 Å². The molecule has 4 rings (SSSR count). The third-order valence-electron chi connectivity index (χ3n) is 5.30. The molecule has 0 bridgehead atoms. The summed E-state index contributed by atoms with van der Waals surface area (Å²) in [4.78, 5) is 12.5. The van der Waals surface area contributed by atoms with Gasteiger partial charge in [0.1, 0.15) is 22.8 Å². The summed E-state index contributed by atoms with van der Waals surface area (Å²) < 4.78 is 40.8. The summed E-state index contributed by atoms with van der Waals surface area (Å²) in [6, 6.07) is 20.9. The largest absolute Gasteiger partial charge is 0.488 e. The van der Waals surface area contributed by atoms with E-state index in [9.17, 15) is 13.2 Å². The molecule has 0 aromatic heterocycles. The number of benzene rings is 3. The van der Waals surface area contributed by atoms with Gasteiger partial charge >= 0.3 is 16.1 Å². The standard InChI is InChI=1S/C25H23NO6S/c1-30-25(27)22-16-21-19(15-24(22)31-17-18-9-4-2-5-10-18)11-8-14-23(21)26-32-33(28,29)20-12-6-3-7-13-20/h2-7,9-10,12-13,15-16H,8,11,14,17H2,1H3. The molecule has 7 nitrogen and oxygen atoms in total. The number of carbonyl (C=O) groups is 1. The Kier molecular flexibility index (Phi) is 6.74. The van der Waals surface area contributed by atoms with Crippen molar-refractivity contribution in [2.24, 2.45) is 5.16 Å². The van der Waals surface area contributed by atoms with E-state index in [1.807, 2.05) is 30.3 Å². The molecule has 8 heteroatoms. The van der Waals surface area contributed by atoms with Crippen LogP contribution in [0.3, 0.4) is 0 Å². The van der Waals surface area contributed by atoms with E-state index >= 15 is 0 Å². The third kappa shape index (κ3) is 5.23. The lowest BCUT2D eigenvalue weighted by atomic mass is 9.88. The summed E-state index contributed by atoms with van der Waals surface area (Å²) in [5.74, 6) is -0.146. The Hall–Kier alpha value is -3.65. The van der Waals surface area contributed by atoms with Crippen molar-refractivity contribution in [3.05, 3.63) is 95.1 Å². The first-order valence-corrected chi connectivity index (χ1v) is 11.9. The van der Waals surface area contributed by atoms with Gasteiger partial charge in [-0.15, -0.1) is 0 Å². The summed E-state index contributed by atoms with van der Waals surface area (Å²) in [6.45, 7) is 0.295. The second-order valence-corrected chi connectivity index (χ2v) is 9.03. The fraction of sp³-hybridized carbons (Fsp3) is 0.200. The van der Waals surface area contributed by atoms with Crippen molar-refractivity contribution in [3.8, 4) is 5.75 Å². The number of oxime groups is 1. The van der Waals surface area contributed by atoms with E-state index in [4.69, 9.17) is 13.8 Å². The van der Waals surface area contributed by atoms with Gasteiger partial charge in [0.15, 0.2) is 0 Å². The molecule has 0 radical (unpaired) electrons. The highest BCUT2D eigenvalue weighted by atomic mass is 32.2. The molecule has 0 fully saturated rings. The van der Waals surface area contributed by atoms with Crippen molar-refractivity contribution in [2.45, 2.75) is 30.8 Å². The predicted octanol–water partition coefficient (Wildman–Crippen LogP) is 4.50. The van der Waals surface area contributed by atoms with E-state index in [0.29, 0.717) is 30.1 Å². The molecule has 0 saturated heterocycles. The minimum absolute atomic E-state index is 0.0188. The van der Waals surface area contributed by atoms with Gasteiger partial charge in [-0.2, -0.15) is 8.42 Å². The minimum atomic E-state index is -4.04. The zero-order chi connectivity index (χ0) is 23.3. The number of esters is 1. The molecular weight excluding hydrogens is 442 g/mol. The zero-order valence-corrected chi connectivity index (χ0v) is 18.9. The number of nitrogens with zero attached hydrogens (tertiary/aromatic N) is 1. The molecule has 0 saturated carbocycles. The molecule has 0 atom stereocenters. The van der Waals surface area contributed by atoms with E-state index in [-0.39, 0.29) is 10.5 Å². The van der Waals surface area contributed by atoms with Gasteiger partial charge in [0, 0.05) is 5.56 Å². The Labute approximate surface area is 192 Å². The van der Waals surface area contributed by atoms with Crippen LogP contribution in [0.2, 0.25) is 0 Å². The Morgan fingerprint density at radius 1 is 0.970 bits per heavy atom. The van der Waals surface area contributed by atoms with Crippen molar-refractivity contribution in [2.75, 3.05) is 7.11 Å². The van der Waals surface area contributed by atoms with Crippen LogP contribution in [-0.4, -0.2) is 27.2 Å². The van der Waals surface area contributed by atoms with Crippen LogP contribution in [0.4, 0.5) is 0 Å². The molecule has 0 heterocycles. The SMILES string of the molecule is COC(=O)c1cc2c(cc1OCc1ccccc1)CCCC2=NOS(=O)(=O)c1ccccc1. The second-order valence-electron chi connectivity index (χ2n) is 7.50. The van der Waals surface area contributed by atoms with Crippen LogP contribution < -0.4 is 4.74 Å². The quantitative estimate of drug-likeness (QED) is 0.377. The maximum absolute atomic E-state index is 12.5. The van der Waals surface area contributed by atoms with E-state index in [1.165, 1.54) is 19.2 Å². The normalized spacial score (nSPS) is 14.4. The lowest BCUT2D eigenvalue weighted by molar-refractivity contribution is 0.0595. The Balaban J connectivity index is 1.65. The van der Waals surface area contributed by atoms with E-state index in [1.54, 1.807) is 30.3 Å². The third-order valence-corrected chi connectivity index (χ3v) is 6.42. The molecule has 0 unspecified atom stereocenters. The minimum Gasteiger partial charge on any atom is -0.488 e. The average molecular weight is 466 g/mol. The molecule has 0 aliphatic heterocycles. The number of carbonyl (C=O) groups excluding carboxylic acids is 1. The first kappa shape index (κ1) is 22.5. The monoisotopic (exact) mass is 465 g/mol. The molecule has 33 heavy (non-hydrogen) atoms. The molecule has 1 aliphatic carbocycles. The van der Waals surface area contributed by atoms with Crippen LogP contribution in [0.25, 0.3) is 0 Å². The molecule has 3 aromatic carbocycles. The number of ether oxygens (including phenoxy) is 2. The summed E-state index contributed by atoms with van der Waals surface area (Å²) in [5.41, 5.74) is 3.21. The Morgan fingerprint density at radius 3 is 2.36 bits per heavy atom. The molecule has 0 N–H and O–H groups in total. The summed E-state index contributed by atoms with van der Waals surface area (Å²) >= 11 is 0.